The van der Waals surface area contributed by atoms with Crippen molar-refractivity contribution in [3.05, 3.63) is 65.5 Å². The minimum atomic E-state index is -4.46. The van der Waals surface area contributed by atoms with Gasteiger partial charge in [-0.1, -0.05) is 29.4 Å². The first-order valence-electron chi connectivity index (χ1n) is 9.20. The lowest BCUT2D eigenvalue weighted by Gasteiger charge is -2.14. The summed E-state index contributed by atoms with van der Waals surface area (Å²) < 4.78 is 48.7. The highest BCUT2D eigenvalue weighted by atomic mass is 19.4. The molecule has 30 heavy (non-hydrogen) atoms. The number of amides is 1. The highest BCUT2D eigenvalue weighted by Gasteiger charge is 2.30. The zero-order valence-electron chi connectivity index (χ0n) is 16.4. The van der Waals surface area contributed by atoms with Crippen molar-refractivity contribution in [3.63, 3.8) is 0 Å². The third-order valence-corrected chi connectivity index (χ3v) is 4.48. The van der Waals surface area contributed by atoms with Gasteiger partial charge in [-0.15, -0.1) is 0 Å². The van der Waals surface area contributed by atoms with Gasteiger partial charge in [0.1, 0.15) is 5.75 Å². The summed E-state index contributed by atoms with van der Waals surface area (Å²) in [6.07, 6.45) is -4.18. The molecule has 1 heterocycles. The van der Waals surface area contributed by atoms with E-state index >= 15 is 0 Å². The molecule has 9 heteroatoms. The van der Waals surface area contributed by atoms with Crippen LogP contribution in [-0.2, 0) is 17.4 Å². The van der Waals surface area contributed by atoms with Gasteiger partial charge in [-0.25, -0.2) is 0 Å². The maximum Gasteiger partial charge on any atom is 0.416 e. The number of ether oxygens (including phenoxy) is 1. The number of benzene rings is 2. The number of carbonyl (C=O) groups is 1. The number of hydrogen-bond donors (Lipinski definition) is 1. The standard InChI is InChI=1S/C21H20F3N3O3/c1-13(14-6-8-17(29-2)9-7-14)25-18(28)10-11-19-26-20(27-30-19)15-4-3-5-16(12-15)21(22,23)24/h3-9,12-13H,10-11H2,1-2H3,(H,25,28). The van der Waals surface area contributed by atoms with Crippen molar-refractivity contribution in [3.8, 4) is 17.1 Å². The lowest BCUT2D eigenvalue weighted by Crippen LogP contribution is -2.26. The number of methoxy groups -OCH3 is 1. The van der Waals surface area contributed by atoms with Crippen LogP contribution in [0.2, 0.25) is 0 Å². The number of nitrogens with one attached hydrogen (secondary N) is 1. The average molecular weight is 419 g/mol. The molecule has 158 valence electrons. The monoisotopic (exact) mass is 419 g/mol. The third kappa shape index (κ3) is 5.37. The zero-order valence-corrected chi connectivity index (χ0v) is 16.4. The molecule has 6 nitrogen and oxygen atoms in total. The first kappa shape index (κ1) is 21.4. The van der Waals surface area contributed by atoms with Crippen molar-refractivity contribution in [1.82, 2.24) is 15.5 Å². The molecule has 0 aliphatic heterocycles. The second-order valence-electron chi connectivity index (χ2n) is 6.65. The number of carbonyl (C=O) groups excluding carboxylic acids is 1. The maximum absolute atomic E-state index is 12.8. The van der Waals surface area contributed by atoms with Crippen molar-refractivity contribution in [2.24, 2.45) is 0 Å². The van der Waals surface area contributed by atoms with Gasteiger partial charge in [0.2, 0.25) is 17.6 Å². The molecule has 0 aliphatic carbocycles. The minimum Gasteiger partial charge on any atom is -0.497 e. The molecule has 0 spiro atoms. The Morgan fingerprint density at radius 2 is 1.93 bits per heavy atom. The number of hydrogen-bond acceptors (Lipinski definition) is 5. The fourth-order valence-corrected chi connectivity index (χ4v) is 2.82. The molecule has 1 unspecified atom stereocenters. The van der Waals surface area contributed by atoms with E-state index in [1.165, 1.54) is 12.1 Å². The van der Waals surface area contributed by atoms with E-state index in [2.05, 4.69) is 15.5 Å². The van der Waals surface area contributed by atoms with Gasteiger partial charge in [0.25, 0.3) is 0 Å². The summed E-state index contributed by atoms with van der Waals surface area (Å²) in [5.41, 5.74) is 0.324. The molecule has 3 aromatic rings. The number of aryl methyl sites for hydroxylation is 1. The Hall–Kier alpha value is -3.36. The van der Waals surface area contributed by atoms with Crippen LogP contribution in [0.4, 0.5) is 13.2 Å². The van der Waals surface area contributed by atoms with Crippen molar-refractivity contribution in [1.29, 1.82) is 0 Å². The van der Waals surface area contributed by atoms with Crippen molar-refractivity contribution in [2.75, 3.05) is 7.11 Å². The van der Waals surface area contributed by atoms with E-state index in [0.717, 1.165) is 23.4 Å². The highest BCUT2D eigenvalue weighted by molar-refractivity contribution is 5.76. The Morgan fingerprint density at radius 1 is 1.20 bits per heavy atom. The Balaban J connectivity index is 1.56. The summed E-state index contributed by atoms with van der Waals surface area (Å²) in [5, 5.41) is 6.59. The predicted molar refractivity (Wildman–Crippen MR) is 103 cm³/mol. The van der Waals surface area contributed by atoms with Crippen LogP contribution in [0, 0.1) is 0 Å². The molecule has 0 aliphatic rings. The minimum absolute atomic E-state index is 0.0445. The van der Waals surface area contributed by atoms with E-state index in [4.69, 9.17) is 9.26 Å². The Labute approximate surface area is 171 Å². The molecule has 3 rings (SSSR count). The maximum atomic E-state index is 12.8. The van der Waals surface area contributed by atoms with E-state index in [1.807, 2.05) is 31.2 Å². The largest absolute Gasteiger partial charge is 0.497 e. The summed E-state index contributed by atoms with van der Waals surface area (Å²) in [4.78, 5) is 16.3. The summed E-state index contributed by atoms with van der Waals surface area (Å²) in [6, 6.07) is 11.8. The highest BCUT2D eigenvalue weighted by Crippen LogP contribution is 2.31. The molecule has 0 bridgehead atoms. The predicted octanol–water partition coefficient (Wildman–Crippen LogP) is 4.57. The fraction of sp³-hybridized carbons (Fsp3) is 0.286. The zero-order chi connectivity index (χ0) is 21.7. The summed E-state index contributed by atoms with van der Waals surface area (Å²) in [7, 11) is 1.58. The van der Waals surface area contributed by atoms with E-state index in [9.17, 15) is 18.0 Å². The van der Waals surface area contributed by atoms with E-state index in [1.54, 1.807) is 7.11 Å². The summed E-state index contributed by atoms with van der Waals surface area (Å²) >= 11 is 0. The molecule has 0 fully saturated rings. The second kappa shape index (κ2) is 8.98. The lowest BCUT2D eigenvalue weighted by atomic mass is 10.1. The molecule has 0 saturated carbocycles. The molecule has 0 radical (unpaired) electrons. The molecule has 2 aromatic carbocycles. The quantitative estimate of drug-likeness (QED) is 0.607. The van der Waals surface area contributed by atoms with Crippen molar-refractivity contribution >= 4 is 5.91 Å². The topological polar surface area (TPSA) is 77.2 Å². The van der Waals surface area contributed by atoms with E-state index in [-0.39, 0.29) is 42.1 Å². The van der Waals surface area contributed by atoms with Crippen LogP contribution >= 0.6 is 0 Å². The van der Waals surface area contributed by atoms with Gasteiger partial charge in [0.15, 0.2) is 0 Å². The molecular weight excluding hydrogens is 399 g/mol. The van der Waals surface area contributed by atoms with E-state index < -0.39 is 11.7 Å². The van der Waals surface area contributed by atoms with Crippen LogP contribution in [0.25, 0.3) is 11.4 Å². The van der Waals surface area contributed by atoms with Gasteiger partial charge >= 0.3 is 6.18 Å². The Morgan fingerprint density at radius 3 is 2.60 bits per heavy atom. The van der Waals surface area contributed by atoms with Gasteiger partial charge in [0, 0.05) is 18.4 Å². The number of rotatable bonds is 7. The van der Waals surface area contributed by atoms with Gasteiger partial charge < -0.3 is 14.6 Å². The second-order valence-corrected chi connectivity index (χ2v) is 6.65. The molecular formula is C21H20F3N3O3. The molecule has 1 aromatic heterocycles. The van der Waals surface area contributed by atoms with E-state index in [0.29, 0.717) is 0 Å². The number of halogens is 3. The van der Waals surface area contributed by atoms with Gasteiger partial charge in [-0.2, -0.15) is 18.2 Å². The van der Waals surface area contributed by atoms with Crippen LogP contribution in [0.1, 0.15) is 36.4 Å². The fourth-order valence-electron chi connectivity index (χ4n) is 2.82. The number of aromatic nitrogens is 2. The van der Waals surface area contributed by atoms with Gasteiger partial charge in [-0.3, -0.25) is 4.79 Å². The molecule has 0 saturated heterocycles. The van der Waals surface area contributed by atoms with Crippen LogP contribution in [0.15, 0.2) is 53.1 Å². The molecule has 1 atom stereocenters. The summed E-state index contributed by atoms with van der Waals surface area (Å²) in [5.74, 6) is 0.736. The normalized spacial score (nSPS) is 12.4. The molecule has 1 amide bonds. The summed E-state index contributed by atoms with van der Waals surface area (Å²) in [6.45, 7) is 1.86. The third-order valence-electron chi connectivity index (χ3n) is 4.48. The van der Waals surface area contributed by atoms with Gasteiger partial charge in [-0.05, 0) is 36.8 Å². The first-order valence-corrected chi connectivity index (χ1v) is 9.20. The lowest BCUT2D eigenvalue weighted by molar-refractivity contribution is -0.137. The van der Waals surface area contributed by atoms with Crippen molar-refractivity contribution < 1.29 is 27.2 Å². The average Bonchev–Trinajstić information content (AvgIpc) is 3.21. The Bertz CT molecular complexity index is 1000. The van der Waals surface area contributed by atoms with Crippen molar-refractivity contribution in [2.45, 2.75) is 32.0 Å². The van der Waals surface area contributed by atoms with Crippen LogP contribution in [0.3, 0.4) is 0 Å². The smallest absolute Gasteiger partial charge is 0.416 e. The first-order chi connectivity index (χ1) is 14.3. The van der Waals surface area contributed by atoms with Crippen LogP contribution in [0.5, 0.6) is 5.75 Å². The Kier molecular flexibility index (Phi) is 6.39. The van der Waals surface area contributed by atoms with Crippen LogP contribution in [-0.4, -0.2) is 23.2 Å². The number of nitrogens with zero attached hydrogens (tertiary/aromatic N) is 2. The van der Waals surface area contributed by atoms with Gasteiger partial charge in [0.05, 0.1) is 18.7 Å². The molecule has 1 N–H and O–H groups in total. The SMILES string of the molecule is COc1ccc(C(C)NC(=O)CCc2nc(-c3cccc(C(F)(F)F)c3)no2)cc1. The number of alkyl halides is 3. The van der Waals surface area contributed by atoms with Crippen LogP contribution < -0.4 is 10.1 Å².